The molecule has 0 radical (unpaired) electrons. The van der Waals surface area contributed by atoms with Crippen LogP contribution >= 0.6 is 0 Å². The molecule has 0 fully saturated rings. The van der Waals surface area contributed by atoms with E-state index in [2.05, 4.69) is 23.5 Å². The maximum absolute atomic E-state index is 13.1. The van der Waals surface area contributed by atoms with E-state index >= 15 is 0 Å². The summed E-state index contributed by atoms with van der Waals surface area (Å²) in [5.74, 6) is 0.529. The van der Waals surface area contributed by atoms with E-state index < -0.39 is 10.0 Å². The number of ketones is 1. The third kappa shape index (κ3) is 8.11. The smallest absolute Gasteiger partial charge is 0.229 e. The summed E-state index contributed by atoms with van der Waals surface area (Å²) in [5, 5.41) is 0.555. The lowest BCUT2D eigenvalue weighted by Crippen LogP contribution is -2.28. The summed E-state index contributed by atoms with van der Waals surface area (Å²) >= 11 is 0. The van der Waals surface area contributed by atoms with Gasteiger partial charge in [-0.1, -0.05) is 26.7 Å². The molecule has 0 spiro atoms. The van der Waals surface area contributed by atoms with E-state index in [1.165, 1.54) is 31.9 Å². The fourth-order valence-electron chi connectivity index (χ4n) is 3.92. The van der Waals surface area contributed by atoms with Gasteiger partial charge in [0.05, 0.1) is 18.4 Å². The lowest BCUT2D eigenvalue weighted by molar-refractivity contribution is 0.103. The first kappa shape index (κ1) is 26.8. The maximum Gasteiger partial charge on any atom is 0.229 e. The highest BCUT2D eigenvalue weighted by molar-refractivity contribution is 7.92. The molecular weight excluding hydrogens is 464 g/mol. The van der Waals surface area contributed by atoms with Gasteiger partial charge < -0.3 is 14.1 Å². The molecule has 35 heavy (non-hydrogen) atoms. The molecule has 0 aliphatic carbocycles. The van der Waals surface area contributed by atoms with Crippen LogP contribution in [0.25, 0.3) is 11.0 Å². The highest BCUT2D eigenvalue weighted by atomic mass is 32.2. The Kier molecular flexibility index (Phi) is 9.74. The molecule has 0 atom stereocenters. The fraction of sp³-hybridized carbons (Fsp3) is 0.444. The van der Waals surface area contributed by atoms with E-state index in [9.17, 15) is 13.2 Å². The monoisotopic (exact) mass is 500 g/mol. The van der Waals surface area contributed by atoms with Crippen molar-refractivity contribution in [3.05, 3.63) is 59.9 Å². The molecule has 7 nitrogen and oxygen atoms in total. The van der Waals surface area contributed by atoms with Crippen LogP contribution < -0.4 is 9.46 Å². The molecule has 8 heteroatoms. The number of hydrogen-bond donors (Lipinski definition) is 1. The van der Waals surface area contributed by atoms with E-state index in [0.717, 1.165) is 38.1 Å². The van der Waals surface area contributed by atoms with Gasteiger partial charge in [-0.05, 0) is 74.8 Å². The second-order valence-corrected chi connectivity index (χ2v) is 10.6. The van der Waals surface area contributed by atoms with Crippen LogP contribution in [0, 0.1) is 0 Å². The summed E-state index contributed by atoms with van der Waals surface area (Å²) in [6.45, 7) is 8.38. The molecule has 0 unspecified atom stereocenters. The Morgan fingerprint density at radius 3 is 2.26 bits per heavy atom. The van der Waals surface area contributed by atoms with Crippen LogP contribution in [-0.4, -0.2) is 51.6 Å². The molecule has 0 saturated heterocycles. The Hall–Kier alpha value is -2.84. The Balaban J connectivity index is 1.59. The van der Waals surface area contributed by atoms with E-state index in [0.29, 0.717) is 34.4 Å². The van der Waals surface area contributed by atoms with Crippen molar-refractivity contribution in [3.8, 4) is 5.75 Å². The average molecular weight is 501 g/mol. The molecule has 2 aromatic carbocycles. The van der Waals surface area contributed by atoms with Crippen LogP contribution in [0.2, 0.25) is 0 Å². The zero-order valence-corrected chi connectivity index (χ0v) is 21.7. The highest BCUT2D eigenvalue weighted by Gasteiger charge is 2.17. The number of nitrogens with zero attached hydrogens (tertiary/aromatic N) is 1. The molecule has 1 heterocycles. The molecular formula is C27H36N2O5S. The summed E-state index contributed by atoms with van der Waals surface area (Å²) in [6.07, 6.45) is 8.30. The topological polar surface area (TPSA) is 88.8 Å². The standard InChI is InChI=1S/C27H36N2O5S/c1-4-6-15-29(16-7-5-2)17-8-18-33-23-12-9-21(10-13-23)27(30)25-20-34-26-14-11-22(19-24(25)26)28-35(3,31)32/h9-14,19-20,28H,4-8,15-18H2,1-3H3. The second kappa shape index (κ2) is 12.7. The largest absolute Gasteiger partial charge is 0.494 e. The molecule has 0 aliphatic rings. The number of nitrogens with one attached hydrogen (secondary N) is 1. The van der Waals surface area contributed by atoms with Crippen molar-refractivity contribution >= 4 is 32.5 Å². The Labute approximate surface area is 208 Å². The number of anilines is 1. The summed E-state index contributed by atoms with van der Waals surface area (Å²) in [4.78, 5) is 15.6. The first-order valence-corrected chi connectivity index (χ1v) is 14.2. The number of unbranched alkanes of at least 4 members (excludes halogenated alkanes) is 2. The predicted molar refractivity (Wildman–Crippen MR) is 141 cm³/mol. The van der Waals surface area contributed by atoms with E-state index in [1.807, 2.05) is 0 Å². The zero-order chi connectivity index (χ0) is 25.3. The lowest BCUT2D eigenvalue weighted by Gasteiger charge is -2.21. The molecule has 1 aromatic heterocycles. The first-order valence-electron chi connectivity index (χ1n) is 12.3. The van der Waals surface area contributed by atoms with E-state index in [1.54, 1.807) is 42.5 Å². The fourth-order valence-corrected chi connectivity index (χ4v) is 4.47. The quantitative estimate of drug-likeness (QED) is 0.212. The Bertz CT molecular complexity index is 1190. The van der Waals surface area contributed by atoms with Gasteiger partial charge in [-0.25, -0.2) is 8.42 Å². The molecule has 0 aliphatic heterocycles. The Morgan fingerprint density at radius 2 is 1.63 bits per heavy atom. The van der Waals surface area contributed by atoms with E-state index in [-0.39, 0.29) is 5.78 Å². The number of hydrogen-bond acceptors (Lipinski definition) is 6. The Morgan fingerprint density at radius 1 is 0.971 bits per heavy atom. The highest BCUT2D eigenvalue weighted by Crippen LogP contribution is 2.27. The number of ether oxygens (including phenoxy) is 1. The van der Waals surface area contributed by atoms with Crippen LogP contribution in [0.3, 0.4) is 0 Å². The van der Waals surface area contributed by atoms with Gasteiger partial charge >= 0.3 is 0 Å². The van der Waals surface area contributed by atoms with Crippen LogP contribution in [-0.2, 0) is 10.0 Å². The van der Waals surface area contributed by atoms with Crippen molar-refractivity contribution in [1.82, 2.24) is 4.90 Å². The van der Waals surface area contributed by atoms with Gasteiger partial charge in [-0.3, -0.25) is 9.52 Å². The van der Waals surface area contributed by atoms with Crippen molar-refractivity contribution in [3.63, 3.8) is 0 Å². The van der Waals surface area contributed by atoms with E-state index in [4.69, 9.17) is 9.15 Å². The van der Waals surface area contributed by atoms with Crippen molar-refractivity contribution in [2.75, 3.05) is 37.2 Å². The molecule has 0 bridgehead atoms. The number of furan rings is 1. The summed E-state index contributed by atoms with van der Waals surface area (Å²) in [5.41, 5.74) is 1.78. The third-order valence-corrected chi connectivity index (χ3v) is 6.39. The normalized spacial score (nSPS) is 11.8. The summed E-state index contributed by atoms with van der Waals surface area (Å²) < 4.78 is 36.9. The van der Waals surface area contributed by atoms with Gasteiger partial charge in [0.1, 0.15) is 17.6 Å². The predicted octanol–water partition coefficient (Wildman–Crippen LogP) is 5.71. The average Bonchev–Trinajstić information content (AvgIpc) is 3.25. The molecule has 0 amide bonds. The van der Waals surface area contributed by atoms with Gasteiger partial charge in [0.25, 0.3) is 0 Å². The number of carbonyl (C=O) groups excluding carboxylic acids is 1. The van der Waals surface area contributed by atoms with Gasteiger partial charge in [-0.15, -0.1) is 0 Å². The minimum absolute atomic E-state index is 0.200. The van der Waals surface area contributed by atoms with Gasteiger partial charge in [0.2, 0.25) is 10.0 Å². The minimum Gasteiger partial charge on any atom is -0.494 e. The SMILES string of the molecule is CCCCN(CCCC)CCCOc1ccc(C(=O)c2coc3ccc(NS(C)(=O)=O)cc23)cc1. The van der Waals surface area contributed by atoms with Crippen molar-refractivity contribution in [2.24, 2.45) is 0 Å². The van der Waals surface area contributed by atoms with Crippen molar-refractivity contribution < 1.29 is 22.4 Å². The van der Waals surface area contributed by atoms with Crippen LogP contribution in [0.4, 0.5) is 5.69 Å². The van der Waals surface area contributed by atoms with Crippen molar-refractivity contribution in [2.45, 2.75) is 46.0 Å². The number of rotatable bonds is 15. The molecule has 3 aromatic rings. The first-order chi connectivity index (χ1) is 16.8. The number of carbonyl (C=O) groups is 1. The lowest BCUT2D eigenvalue weighted by atomic mass is 10.0. The maximum atomic E-state index is 13.1. The number of fused-ring (bicyclic) bond motifs is 1. The van der Waals surface area contributed by atoms with Crippen LogP contribution in [0.1, 0.15) is 61.9 Å². The van der Waals surface area contributed by atoms with Crippen molar-refractivity contribution in [1.29, 1.82) is 0 Å². The molecule has 1 N–H and O–H groups in total. The van der Waals surface area contributed by atoms with Gasteiger partial charge in [0, 0.05) is 23.2 Å². The van der Waals surface area contributed by atoms with Gasteiger partial charge in [0.15, 0.2) is 5.78 Å². The van der Waals surface area contributed by atoms with Crippen LogP contribution in [0.15, 0.2) is 53.1 Å². The minimum atomic E-state index is -3.42. The number of sulfonamides is 1. The third-order valence-electron chi connectivity index (χ3n) is 5.78. The second-order valence-electron chi connectivity index (χ2n) is 8.84. The zero-order valence-electron chi connectivity index (χ0n) is 20.9. The van der Waals surface area contributed by atoms with Crippen LogP contribution in [0.5, 0.6) is 5.75 Å². The molecule has 190 valence electrons. The number of benzene rings is 2. The summed E-state index contributed by atoms with van der Waals surface area (Å²) in [6, 6.07) is 11.9. The molecule has 3 rings (SSSR count). The summed E-state index contributed by atoms with van der Waals surface area (Å²) in [7, 11) is -3.42. The van der Waals surface area contributed by atoms with Gasteiger partial charge in [-0.2, -0.15) is 0 Å². The molecule has 0 saturated carbocycles.